The third kappa shape index (κ3) is 5.24. The maximum Gasteiger partial charge on any atom is 0.356 e. The van der Waals surface area contributed by atoms with E-state index >= 15 is 0 Å². The van der Waals surface area contributed by atoms with Gasteiger partial charge in [0.05, 0.1) is 33.0 Å². The maximum atomic E-state index is 13.2. The highest BCUT2D eigenvalue weighted by Gasteiger charge is 2.60. The number of thioether (sulfide) groups is 2. The zero-order chi connectivity index (χ0) is 26.1. The quantitative estimate of drug-likeness (QED) is 0.105. The maximum absolute atomic E-state index is 13.2. The van der Waals surface area contributed by atoms with E-state index in [9.17, 15) is 24.8 Å². The van der Waals surface area contributed by atoms with Gasteiger partial charge in [0, 0.05) is 32.9 Å². The first-order chi connectivity index (χ1) is 17.1. The first-order valence-corrected chi connectivity index (χ1v) is 13.7. The van der Waals surface area contributed by atoms with E-state index < -0.39 is 22.9 Å². The van der Waals surface area contributed by atoms with Crippen LogP contribution < -0.4 is 0 Å². The number of carbonyl (C=O) groups is 2. The van der Waals surface area contributed by atoms with Gasteiger partial charge in [0.2, 0.25) is 5.91 Å². The lowest BCUT2D eigenvalue weighted by atomic mass is 9.79. The number of non-ortho nitro benzene ring substituents is 1. The van der Waals surface area contributed by atoms with Crippen molar-refractivity contribution in [2.24, 2.45) is 11.8 Å². The molecule has 0 unspecified atom stereocenters. The molecule has 2 aromatic carbocycles. The summed E-state index contributed by atoms with van der Waals surface area (Å²) >= 11 is 15.0. The molecule has 0 saturated carbocycles. The molecule has 0 bridgehead atoms. The third-order valence-electron chi connectivity index (χ3n) is 6.15. The van der Waals surface area contributed by atoms with Crippen LogP contribution >= 0.6 is 46.7 Å². The van der Waals surface area contributed by atoms with Gasteiger partial charge in [-0.3, -0.25) is 14.9 Å². The van der Waals surface area contributed by atoms with Gasteiger partial charge in [0.25, 0.3) is 5.69 Å². The van der Waals surface area contributed by atoms with Crippen LogP contribution in [0.25, 0.3) is 0 Å². The molecule has 4 atom stereocenters. The fourth-order valence-electron chi connectivity index (χ4n) is 4.36. The number of esters is 1. The van der Waals surface area contributed by atoms with E-state index in [4.69, 9.17) is 27.9 Å². The summed E-state index contributed by atoms with van der Waals surface area (Å²) in [5.74, 6) is -1.71. The van der Waals surface area contributed by atoms with Crippen LogP contribution in [0.15, 0.2) is 58.0 Å². The zero-order valence-electron chi connectivity index (χ0n) is 19.2. The number of fused-ring (bicyclic) bond motifs is 1. The van der Waals surface area contributed by atoms with Crippen molar-refractivity contribution in [2.75, 3.05) is 5.08 Å². The fraction of sp³-hybridized carbons (Fsp3) is 0.333. The highest BCUT2D eigenvalue weighted by atomic mass is 35.5. The molecule has 190 valence electrons. The van der Waals surface area contributed by atoms with Crippen LogP contribution in [-0.4, -0.2) is 44.0 Å². The van der Waals surface area contributed by atoms with Crippen LogP contribution in [0.1, 0.15) is 19.4 Å². The highest BCUT2D eigenvalue weighted by Crippen LogP contribution is 2.51. The van der Waals surface area contributed by atoms with E-state index in [0.29, 0.717) is 20.7 Å². The predicted octanol–water partition coefficient (Wildman–Crippen LogP) is 5.50. The lowest BCUT2D eigenvalue weighted by molar-refractivity contribution is -0.384. The van der Waals surface area contributed by atoms with Crippen LogP contribution in [-0.2, 0) is 20.9 Å². The molecule has 4 rings (SSSR count). The second kappa shape index (κ2) is 11.0. The van der Waals surface area contributed by atoms with E-state index in [-0.39, 0.29) is 35.9 Å². The van der Waals surface area contributed by atoms with Crippen molar-refractivity contribution in [3.05, 3.63) is 78.8 Å². The first kappa shape index (κ1) is 26.8. The molecule has 0 spiro atoms. The number of amides is 1. The molecule has 1 amide bonds. The van der Waals surface area contributed by atoms with Crippen molar-refractivity contribution in [3.8, 4) is 0 Å². The molecule has 36 heavy (non-hydrogen) atoms. The van der Waals surface area contributed by atoms with Crippen molar-refractivity contribution in [2.45, 2.75) is 37.5 Å². The van der Waals surface area contributed by atoms with Crippen LogP contribution in [0.5, 0.6) is 0 Å². The topological polar surface area (TPSA) is 110 Å². The van der Waals surface area contributed by atoms with Gasteiger partial charge >= 0.3 is 5.97 Å². The van der Waals surface area contributed by atoms with Gasteiger partial charge in [0.15, 0.2) is 0 Å². The van der Waals surface area contributed by atoms with Gasteiger partial charge in [-0.05, 0) is 42.8 Å². The molecule has 0 radical (unpaired) electrons. The van der Waals surface area contributed by atoms with Gasteiger partial charge in [0.1, 0.15) is 12.3 Å². The summed E-state index contributed by atoms with van der Waals surface area (Å²) in [6.07, 6.45) is -0.839. The molecule has 2 aliphatic rings. The molecule has 2 aromatic rings. The van der Waals surface area contributed by atoms with Gasteiger partial charge in [-0.25, -0.2) is 4.79 Å². The lowest BCUT2D eigenvalue weighted by Gasteiger charge is -2.46. The Morgan fingerprint density at radius 1 is 1.19 bits per heavy atom. The number of nitro benzene ring substituents is 1. The third-order valence-corrected chi connectivity index (χ3v) is 9.30. The standard InChI is InChI=1S/C24H22Cl2N2O6S2/c1-12-20-19(13(2)29)23(30)27(20)21(22(12)36-11-35-16-7-8-17(25)18(26)9-16)24(31)34-10-14-3-5-15(6-4-14)28(32)33/h3-9,12-13,19-20,29H,10-11H2,1-2H3/t12-,13-,19-,20-/m1/s1. The van der Waals surface area contributed by atoms with Crippen LogP contribution in [0.3, 0.4) is 0 Å². The second-order valence-corrected chi connectivity index (χ2v) is 11.7. The molecule has 0 aliphatic carbocycles. The van der Waals surface area contributed by atoms with Crippen molar-refractivity contribution in [3.63, 3.8) is 0 Å². The molecule has 0 aromatic heterocycles. The number of nitro groups is 1. The molecule has 1 fully saturated rings. The van der Waals surface area contributed by atoms with E-state index in [1.54, 1.807) is 19.1 Å². The average Bonchev–Trinajstić information content (AvgIpc) is 3.08. The lowest BCUT2D eigenvalue weighted by Crippen LogP contribution is -2.63. The van der Waals surface area contributed by atoms with Crippen LogP contribution in [0.4, 0.5) is 5.69 Å². The van der Waals surface area contributed by atoms with E-state index in [1.165, 1.54) is 52.7 Å². The Labute approximate surface area is 226 Å². The summed E-state index contributed by atoms with van der Waals surface area (Å²) in [7, 11) is 0. The number of aliphatic hydroxyl groups excluding tert-OH is 1. The molecule has 2 aliphatic heterocycles. The Bertz CT molecular complexity index is 1240. The molecular formula is C24H22Cl2N2O6S2. The molecule has 12 heteroatoms. The normalized spacial score (nSPS) is 21.8. The minimum Gasteiger partial charge on any atom is -0.456 e. The molecule has 1 N–H and O–H groups in total. The number of ether oxygens (including phenoxy) is 1. The number of benzene rings is 2. The number of hydrogen-bond acceptors (Lipinski definition) is 8. The Kier molecular flexibility index (Phi) is 8.21. The minimum absolute atomic E-state index is 0.0613. The number of halogens is 2. The zero-order valence-corrected chi connectivity index (χ0v) is 22.4. The molecule has 8 nitrogen and oxygen atoms in total. The number of hydrogen-bond donors (Lipinski definition) is 1. The molecular weight excluding hydrogens is 547 g/mol. The summed E-state index contributed by atoms with van der Waals surface area (Å²) in [5.41, 5.74) is 0.711. The van der Waals surface area contributed by atoms with Crippen molar-refractivity contribution < 1.29 is 24.4 Å². The van der Waals surface area contributed by atoms with Gasteiger partial charge < -0.3 is 14.7 Å². The molecule has 1 saturated heterocycles. The van der Waals surface area contributed by atoms with Gasteiger partial charge in [-0.1, -0.05) is 30.1 Å². The average molecular weight is 569 g/mol. The fourth-order valence-corrected chi connectivity index (χ4v) is 7.10. The largest absolute Gasteiger partial charge is 0.456 e. The number of nitrogens with zero attached hydrogens (tertiary/aromatic N) is 2. The van der Waals surface area contributed by atoms with Crippen molar-refractivity contribution >= 4 is 64.3 Å². The SMILES string of the molecule is C[C@@H](O)[C@H]1C(=O)N2C(C(=O)OCc3ccc([N+](=O)[O-])cc3)=C(SCSc3ccc(Cl)c(Cl)c3)[C@H](C)[C@H]12. The van der Waals surface area contributed by atoms with E-state index in [2.05, 4.69) is 0 Å². The first-order valence-electron chi connectivity index (χ1n) is 11.0. The number of carbonyl (C=O) groups excluding carboxylic acids is 2. The second-order valence-electron chi connectivity index (χ2n) is 8.45. The summed E-state index contributed by atoms with van der Waals surface area (Å²) in [5, 5.41) is 22.4. The Hall–Kier alpha value is -2.24. The number of β-lactam (4-membered cyclic amide) rings is 1. The van der Waals surface area contributed by atoms with Crippen LogP contribution in [0, 0.1) is 22.0 Å². The summed E-state index contributed by atoms with van der Waals surface area (Å²) in [4.78, 5) is 39.4. The monoisotopic (exact) mass is 568 g/mol. The predicted molar refractivity (Wildman–Crippen MR) is 140 cm³/mol. The highest BCUT2D eigenvalue weighted by molar-refractivity contribution is 8.17. The summed E-state index contributed by atoms with van der Waals surface area (Å²) in [6.45, 7) is 3.41. The Morgan fingerprint density at radius 3 is 2.50 bits per heavy atom. The number of aliphatic hydroxyl groups is 1. The van der Waals surface area contributed by atoms with Crippen LogP contribution in [0.2, 0.25) is 10.0 Å². The minimum atomic E-state index is -0.839. The summed E-state index contributed by atoms with van der Waals surface area (Å²) in [6, 6.07) is 10.7. The smallest absolute Gasteiger partial charge is 0.356 e. The van der Waals surface area contributed by atoms with E-state index in [0.717, 1.165) is 9.80 Å². The molecule has 2 heterocycles. The van der Waals surface area contributed by atoms with E-state index in [1.807, 2.05) is 13.0 Å². The van der Waals surface area contributed by atoms with Gasteiger partial charge in [-0.15, -0.1) is 23.5 Å². The summed E-state index contributed by atoms with van der Waals surface area (Å²) < 4.78 is 5.51. The van der Waals surface area contributed by atoms with Crippen molar-refractivity contribution in [1.82, 2.24) is 4.90 Å². The van der Waals surface area contributed by atoms with Crippen molar-refractivity contribution in [1.29, 1.82) is 0 Å². The Balaban J connectivity index is 1.51. The Morgan fingerprint density at radius 2 is 1.89 bits per heavy atom. The van der Waals surface area contributed by atoms with Gasteiger partial charge in [-0.2, -0.15) is 0 Å². The number of rotatable bonds is 9.